The van der Waals surface area contributed by atoms with Gasteiger partial charge in [0.1, 0.15) is 17.7 Å². The van der Waals surface area contributed by atoms with Crippen molar-refractivity contribution in [1.82, 2.24) is 21.0 Å². The van der Waals surface area contributed by atoms with Crippen molar-refractivity contribution in [2.75, 3.05) is 6.54 Å². The normalized spacial score (nSPS) is 23.3. The Balaban J connectivity index is 1.87. The lowest BCUT2D eigenvalue weighted by Crippen LogP contribution is -2.60. The largest absolute Gasteiger partial charge is 0.480 e. The summed E-state index contributed by atoms with van der Waals surface area (Å²) in [6, 6.07) is 4.62. The molecule has 0 aromatic heterocycles. The first kappa shape index (κ1) is 25.8. The highest BCUT2D eigenvalue weighted by molar-refractivity contribution is 6.30. The fraction of sp³-hybridized carbons (Fsp3) is 0.542. The second-order valence-electron chi connectivity index (χ2n) is 11.0. The summed E-state index contributed by atoms with van der Waals surface area (Å²) in [7, 11) is 0. The van der Waals surface area contributed by atoms with Gasteiger partial charge in [0.05, 0.1) is 12.2 Å². The van der Waals surface area contributed by atoms with Crippen molar-refractivity contribution >= 4 is 35.2 Å². The van der Waals surface area contributed by atoms with E-state index in [1.807, 2.05) is 47.6 Å². The fourth-order valence-electron chi connectivity index (χ4n) is 4.13. The molecule has 1 saturated heterocycles. The van der Waals surface area contributed by atoms with Gasteiger partial charge in [-0.3, -0.25) is 15.1 Å². The van der Waals surface area contributed by atoms with Crippen molar-refractivity contribution in [3.8, 4) is 0 Å². The van der Waals surface area contributed by atoms with Crippen LogP contribution in [0.2, 0.25) is 5.02 Å². The summed E-state index contributed by atoms with van der Waals surface area (Å²) in [6.45, 7) is 11.0. The number of hydrogen-bond acceptors (Lipinski definition) is 5. The number of carbonyl (C=O) groups is 3. The van der Waals surface area contributed by atoms with Gasteiger partial charge in [-0.15, -0.1) is 0 Å². The molecule has 9 nitrogen and oxygen atoms in total. The summed E-state index contributed by atoms with van der Waals surface area (Å²) >= 11 is 6.10. The molecule has 3 rings (SSSR count). The van der Waals surface area contributed by atoms with E-state index >= 15 is 0 Å². The molecule has 0 saturated carbocycles. The van der Waals surface area contributed by atoms with Gasteiger partial charge < -0.3 is 20.6 Å². The Morgan fingerprint density at radius 3 is 2.47 bits per heavy atom. The van der Waals surface area contributed by atoms with E-state index < -0.39 is 46.5 Å². The summed E-state index contributed by atoms with van der Waals surface area (Å²) in [4.78, 5) is 45.5. The molecule has 2 aliphatic heterocycles. The zero-order valence-electron chi connectivity index (χ0n) is 20.4. The first-order chi connectivity index (χ1) is 15.6. The predicted octanol–water partition coefficient (Wildman–Crippen LogP) is 3.15. The zero-order valence-corrected chi connectivity index (χ0v) is 21.1. The van der Waals surface area contributed by atoms with E-state index in [2.05, 4.69) is 16.1 Å². The third-order valence-corrected chi connectivity index (χ3v) is 5.94. The van der Waals surface area contributed by atoms with E-state index in [9.17, 15) is 19.5 Å². The highest BCUT2D eigenvalue weighted by Crippen LogP contribution is 2.38. The number of aliphatic carboxylic acids is 1. The van der Waals surface area contributed by atoms with Gasteiger partial charge in [-0.2, -0.15) is 0 Å². The van der Waals surface area contributed by atoms with Gasteiger partial charge >= 0.3 is 12.0 Å². The Morgan fingerprint density at radius 2 is 1.91 bits per heavy atom. The molecule has 1 aromatic rings. The number of likely N-dealkylation sites (tertiary alicyclic amines) is 1. The number of nitrogens with one attached hydrogen (secondary N) is 3. The Hall–Kier alpha value is -2.78. The van der Waals surface area contributed by atoms with Crippen LogP contribution in [0, 0.1) is 5.41 Å². The fourth-order valence-corrected chi connectivity index (χ4v) is 4.32. The third-order valence-electron chi connectivity index (χ3n) is 5.71. The molecule has 3 atom stereocenters. The first-order valence-corrected chi connectivity index (χ1v) is 11.5. The monoisotopic (exact) mass is 492 g/mol. The van der Waals surface area contributed by atoms with Gasteiger partial charge in [-0.1, -0.05) is 44.5 Å². The molecule has 10 heteroatoms. The maximum atomic E-state index is 13.7. The van der Waals surface area contributed by atoms with Crippen LogP contribution in [0.5, 0.6) is 0 Å². The number of amides is 3. The second-order valence-corrected chi connectivity index (χ2v) is 11.4. The molecule has 0 unspecified atom stereocenters. The van der Waals surface area contributed by atoms with Crippen LogP contribution in [0.1, 0.15) is 53.5 Å². The van der Waals surface area contributed by atoms with Crippen molar-refractivity contribution in [3.05, 3.63) is 40.9 Å². The zero-order chi connectivity index (χ0) is 25.5. The lowest BCUT2D eigenvalue weighted by molar-refractivity contribution is -0.150. The maximum Gasteiger partial charge on any atom is 0.326 e. The number of urea groups is 1. The van der Waals surface area contributed by atoms with Crippen molar-refractivity contribution in [2.24, 2.45) is 5.41 Å². The van der Waals surface area contributed by atoms with E-state index in [0.717, 1.165) is 5.56 Å². The smallest absolute Gasteiger partial charge is 0.326 e. The number of carbonyl (C=O) groups excluding carboxylic acids is 2. The summed E-state index contributed by atoms with van der Waals surface area (Å²) in [5.41, 5.74) is 2.11. The topological polar surface area (TPSA) is 120 Å². The highest BCUT2D eigenvalue weighted by atomic mass is 35.5. The molecule has 1 fully saturated rings. The maximum absolute atomic E-state index is 13.7. The van der Waals surface area contributed by atoms with Gasteiger partial charge in [0.2, 0.25) is 5.91 Å². The van der Waals surface area contributed by atoms with Crippen LogP contribution in [-0.4, -0.2) is 57.7 Å². The van der Waals surface area contributed by atoms with Gasteiger partial charge in [0.15, 0.2) is 0 Å². The van der Waals surface area contributed by atoms with E-state index in [1.54, 1.807) is 24.3 Å². The van der Waals surface area contributed by atoms with Crippen LogP contribution in [0.3, 0.4) is 0 Å². The van der Waals surface area contributed by atoms with Crippen molar-refractivity contribution in [3.63, 3.8) is 0 Å². The molecule has 0 aliphatic carbocycles. The van der Waals surface area contributed by atoms with Crippen LogP contribution < -0.4 is 16.1 Å². The minimum atomic E-state index is -1.13. The molecule has 1 spiro atoms. The van der Waals surface area contributed by atoms with E-state index in [4.69, 9.17) is 16.4 Å². The summed E-state index contributed by atoms with van der Waals surface area (Å²) in [5, 5.41) is 16.0. The average Bonchev–Trinajstić information content (AvgIpc) is 3.28. The number of benzene rings is 1. The summed E-state index contributed by atoms with van der Waals surface area (Å²) in [5.74, 6) is -1.61. The Bertz CT molecular complexity index is 1010. The van der Waals surface area contributed by atoms with Gasteiger partial charge in [-0.25, -0.2) is 9.59 Å². The number of carboxylic acid groups (broad SMARTS) is 1. The number of hydrogen-bond donors (Lipinski definition) is 4. The molecule has 0 radical (unpaired) electrons. The Morgan fingerprint density at radius 1 is 1.24 bits per heavy atom. The first-order valence-electron chi connectivity index (χ1n) is 11.2. The number of nitrogens with zero attached hydrogens (tertiary/aromatic N) is 1. The minimum absolute atomic E-state index is 0.0228. The Labute approximate surface area is 204 Å². The summed E-state index contributed by atoms with van der Waals surface area (Å²) < 4.78 is 0. The molecule has 1 aromatic carbocycles. The van der Waals surface area contributed by atoms with Crippen LogP contribution >= 0.6 is 11.6 Å². The molecular formula is C24H33ClN4O5. The minimum Gasteiger partial charge on any atom is -0.480 e. The van der Waals surface area contributed by atoms with E-state index in [0.29, 0.717) is 10.7 Å². The van der Waals surface area contributed by atoms with Crippen LogP contribution in [-0.2, 0) is 14.4 Å². The van der Waals surface area contributed by atoms with E-state index in [1.165, 1.54) is 4.90 Å². The lowest BCUT2D eigenvalue weighted by Gasteiger charge is -2.35. The van der Waals surface area contributed by atoms with Crippen molar-refractivity contribution in [1.29, 1.82) is 0 Å². The van der Waals surface area contributed by atoms with Gasteiger partial charge in [0, 0.05) is 22.5 Å². The quantitative estimate of drug-likeness (QED) is 0.512. The van der Waals surface area contributed by atoms with Crippen LogP contribution in [0.15, 0.2) is 30.3 Å². The molecule has 3 amide bonds. The van der Waals surface area contributed by atoms with Crippen molar-refractivity contribution in [2.45, 2.75) is 71.2 Å². The second kappa shape index (κ2) is 9.11. The lowest BCUT2D eigenvalue weighted by atomic mass is 9.85. The average molecular weight is 493 g/mol. The van der Waals surface area contributed by atoms with Crippen LogP contribution in [0.4, 0.5) is 4.79 Å². The molecule has 34 heavy (non-hydrogen) atoms. The SMILES string of the molecule is CC(C)(C)NC(=O)N[C@H](C(=O)N1C[C@@]2(C=C(c3cccc(Cl)c3)NO2)C[C@H]1C(=O)O)C(C)(C)C. The van der Waals surface area contributed by atoms with Crippen molar-refractivity contribution < 1.29 is 24.3 Å². The number of hydroxylamine groups is 1. The molecule has 186 valence electrons. The molecule has 4 N–H and O–H groups in total. The van der Waals surface area contributed by atoms with Gasteiger partial charge in [-0.05, 0) is 44.4 Å². The molecule has 2 heterocycles. The number of rotatable bonds is 4. The third kappa shape index (κ3) is 5.82. The van der Waals surface area contributed by atoms with E-state index in [-0.39, 0.29) is 13.0 Å². The summed E-state index contributed by atoms with van der Waals surface area (Å²) in [6.07, 6.45) is 1.86. The van der Waals surface area contributed by atoms with Crippen LogP contribution in [0.25, 0.3) is 5.70 Å². The molecular weight excluding hydrogens is 460 g/mol. The number of carboxylic acids is 1. The molecule has 0 bridgehead atoms. The highest BCUT2D eigenvalue weighted by Gasteiger charge is 2.53. The number of halogens is 1. The Kier molecular flexibility index (Phi) is 6.92. The molecule has 2 aliphatic rings. The predicted molar refractivity (Wildman–Crippen MR) is 129 cm³/mol. The standard InChI is InChI=1S/C24H33ClN4O5/c1-22(2,3)18(26-21(33)27-23(4,5)6)19(30)29-13-24(12-17(29)20(31)32)11-16(28-34-24)14-8-7-9-15(25)10-14/h7-11,17-18,28H,12-13H2,1-6H3,(H,31,32)(H2,26,27,33)/t17-,18+,24+/m0/s1. The van der Waals surface area contributed by atoms with Gasteiger partial charge in [0.25, 0.3) is 0 Å².